The Labute approximate surface area is 113 Å². The van der Waals surface area contributed by atoms with Gasteiger partial charge < -0.3 is 4.74 Å². The average Bonchev–Trinajstić information content (AvgIpc) is 2.45. The van der Waals surface area contributed by atoms with Crippen LogP contribution in [0.5, 0.6) is 5.88 Å². The van der Waals surface area contributed by atoms with Crippen LogP contribution in [0.15, 0.2) is 42.5 Å². The zero-order valence-corrected chi connectivity index (χ0v) is 11.0. The molecule has 3 nitrogen and oxygen atoms in total. The summed E-state index contributed by atoms with van der Waals surface area (Å²) in [5.41, 5.74) is 2.64. The Kier molecular flexibility index (Phi) is 4.52. The first-order valence-corrected chi connectivity index (χ1v) is 6.34. The van der Waals surface area contributed by atoms with Crippen LogP contribution in [-0.4, -0.2) is 11.6 Å². The molecule has 0 aliphatic carbocycles. The van der Waals surface area contributed by atoms with E-state index in [4.69, 9.17) is 10.00 Å². The van der Waals surface area contributed by atoms with E-state index in [1.165, 1.54) is 5.56 Å². The van der Waals surface area contributed by atoms with Gasteiger partial charge in [-0.25, -0.2) is 4.98 Å². The van der Waals surface area contributed by atoms with Gasteiger partial charge in [-0.3, -0.25) is 0 Å². The highest BCUT2D eigenvalue weighted by Gasteiger charge is 2.05. The predicted octanol–water partition coefficient (Wildman–Crippen LogP) is 3.27. The van der Waals surface area contributed by atoms with Crippen molar-refractivity contribution in [1.29, 1.82) is 5.26 Å². The van der Waals surface area contributed by atoms with Crippen LogP contribution in [0.3, 0.4) is 0 Å². The number of ether oxygens (including phenoxy) is 1. The summed E-state index contributed by atoms with van der Waals surface area (Å²) in [6, 6.07) is 15.9. The molecule has 3 heteroatoms. The second-order valence-corrected chi connectivity index (χ2v) is 4.35. The Morgan fingerprint density at radius 1 is 1.16 bits per heavy atom. The fourth-order valence-electron chi connectivity index (χ4n) is 1.82. The number of pyridine rings is 1. The lowest BCUT2D eigenvalue weighted by atomic mass is 10.1. The molecule has 0 aliphatic rings. The van der Waals surface area contributed by atoms with Crippen molar-refractivity contribution in [1.82, 2.24) is 4.98 Å². The standard InChI is InChI=1S/C16H16N2O/c1-13-9-10-15(12-17)16(18-13)19-11-5-8-14-6-3-2-4-7-14/h2-4,6-7,9-10H,5,8,11H2,1H3. The van der Waals surface area contributed by atoms with Crippen LogP contribution in [0.1, 0.15) is 23.2 Å². The highest BCUT2D eigenvalue weighted by Crippen LogP contribution is 2.15. The van der Waals surface area contributed by atoms with Gasteiger partial charge in [0.15, 0.2) is 0 Å². The molecular weight excluding hydrogens is 236 g/mol. The second-order valence-electron chi connectivity index (χ2n) is 4.35. The Bertz CT molecular complexity index is 573. The molecule has 0 radical (unpaired) electrons. The van der Waals surface area contributed by atoms with Gasteiger partial charge >= 0.3 is 0 Å². The highest BCUT2D eigenvalue weighted by molar-refractivity contribution is 5.38. The summed E-state index contributed by atoms with van der Waals surface area (Å²) in [5.74, 6) is 0.440. The third-order valence-corrected chi connectivity index (χ3v) is 2.81. The van der Waals surface area contributed by atoms with E-state index >= 15 is 0 Å². The zero-order valence-electron chi connectivity index (χ0n) is 11.0. The number of benzene rings is 1. The molecule has 0 atom stereocenters. The fraction of sp³-hybridized carbons (Fsp3) is 0.250. The van der Waals surface area contributed by atoms with E-state index in [0.717, 1.165) is 18.5 Å². The number of nitriles is 1. The molecule has 0 amide bonds. The molecule has 0 N–H and O–H groups in total. The lowest BCUT2D eigenvalue weighted by molar-refractivity contribution is 0.298. The number of nitrogens with zero attached hydrogens (tertiary/aromatic N) is 2. The maximum atomic E-state index is 8.97. The molecule has 1 heterocycles. The molecular formula is C16H16N2O. The van der Waals surface area contributed by atoms with Crippen LogP contribution in [0.25, 0.3) is 0 Å². The third-order valence-electron chi connectivity index (χ3n) is 2.81. The molecule has 0 saturated carbocycles. The Morgan fingerprint density at radius 2 is 1.95 bits per heavy atom. The molecule has 0 fully saturated rings. The SMILES string of the molecule is Cc1ccc(C#N)c(OCCCc2ccccc2)n1. The van der Waals surface area contributed by atoms with Crippen LogP contribution in [0.2, 0.25) is 0 Å². The maximum absolute atomic E-state index is 8.97. The normalized spacial score (nSPS) is 9.89. The van der Waals surface area contributed by atoms with Crippen LogP contribution < -0.4 is 4.74 Å². The van der Waals surface area contributed by atoms with Crippen molar-refractivity contribution in [2.75, 3.05) is 6.61 Å². The van der Waals surface area contributed by atoms with E-state index in [0.29, 0.717) is 18.1 Å². The van der Waals surface area contributed by atoms with E-state index in [1.807, 2.05) is 31.2 Å². The van der Waals surface area contributed by atoms with Gasteiger partial charge in [-0.05, 0) is 37.5 Å². The molecule has 19 heavy (non-hydrogen) atoms. The van der Waals surface area contributed by atoms with Crippen molar-refractivity contribution < 1.29 is 4.74 Å². The summed E-state index contributed by atoms with van der Waals surface area (Å²) in [7, 11) is 0. The van der Waals surface area contributed by atoms with Crippen molar-refractivity contribution in [3.8, 4) is 11.9 Å². The third kappa shape index (κ3) is 3.82. The minimum Gasteiger partial charge on any atom is -0.477 e. The molecule has 2 rings (SSSR count). The summed E-state index contributed by atoms with van der Waals surface area (Å²) in [6.07, 6.45) is 1.87. The van der Waals surface area contributed by atoms with Gasteiger partial charge in [0.2, 0.25) is 5.88 Å². The van der Waals surface area contributed by atoms with E-state index in [9.17, 15) is 0 Å². The van der Waals surface area contributed by atoms with Gasteiger partial charge in [-0.2, -0.15) is 5.26 Å². The number of aromatic nitrogens is 1. The van der Waals surface area contributed by atoms with Crippen molar-refractivity contribution in [2.24, 2.45) is 0 Å². The topological polar surface area (TPSA) is 45.9 Å². The van der Waals surface area contributed by atoms with Crippen LogP contribution in [0.4, 0.5) is 0 Å². The number of hydrogen-bond acceptors (Lipinski definition) is 3. The summed E-state index contributed by atoms with van der Waals surface area (Å²) >= 11 is 0. The van der Waals surface area contributed by atoms with Gasteiger partial charge in [-0.1, -0.05) is 30.3 Å². The second kappa shape index (κ2) is 6.55. The molecule has 0 bridgehead atoms. The van der Waals surface area contributed by atoms with E-state index < -0.39 is 0 Å². The Hall–Kier alpha value is -2.34. The van der Waals surface area contributed by atoms with Gasteiger partial charge in [0, 0.05) is 5.69 Å². The number of aryl methyl sites for hydroxylation is 2. The van der Waals surface area contributed by atoms with Crippen molar-refractivity contribution >= 4 is 0 Å². The number of rotatable bonds is 5. The maximum Gasteiger partial charge on any atom is 0.231 e. The smallest absolute Gasteiger partial charge is 0.231 e. The molecule has 0 spiro atoms. The first-order chi connectivity index (χ1) is 9.29. The van der Waals surface area contributed by atoms with E-state index in [-0.39, 0.29) is 0 Å². The van der Waals surface area contributed by atoms with Crippen molar-refractivity contribution in [3.05, 3.63) is 59.3 Å². The average molecular weight is 252 g/mol. The first-order valence-electron chi connectivity index (χ1n) is 6.34. The Morgan fingerprint density at radius 3 is 2.68 bits per heavy atom. The summed E-state index contributed by atoms with van der Waals surface area (Å²) < 4.78 is 5.60. The summed E-state index contributed by atoms with van der Waals surface area (Å²) in [6.45, 7) is 2.46. The highest BCUT2D eigenvalue weighted by atomic mass is 16.5. The van der Waals surface area contributed by atoms with Gasteiger partial charge in [-0.15, -0.1) is 0 Å². The van der Waals surface area contributed by atoms with E-state index in [2.05, 4.69) is 23.2 Å². The Balaban J connectivity index is 1.86. The van der Waals surface area contributed by atoms with Gasteiger partial charge in [0.1, 0.15) is 11.6 Å². The fourth-order valence-corrected chi connectivity index (χ4v) is 1.82. The largest absolute Gasteiger partial charge is 0.477 e. The van der Waals surface area contributed by atoms with Crippen molar-refractivity contribution in [3.63, 3.8) is 0 Å². The molecule has 96 valence electrons. The predicted molar refractivity (Wildman–Crippen MR) is 73.9 cm³/mol. The summed E-state index contributed by atoms with van der Waals surface area (Å²) in [5, 5.41) is 8.97. The summed E-state index contributed by atoms with van der Waals surface area (Å²) in [4.78, 5) is 4.24. The zero-order chi connectivity index (χ0) is 13.5. The quantitative estimate of drug-likeness (QED) is 0.767. The first kappa shape index (κ1) is 13.1. The molecule has 0 unspecified atom stereocenters. The minimum absolute atomic E-state index is 0.440. The van der Waals surface area contributed by atoms with Crippen LogP contribution in [-0.2, 0) is 6.42 Å². The monoisotopic (exact) mass is 252 g/mol. The number of hydrogen-bond donors (Lipinski definition) is 0. The lowest BCUT2D eigenvalue weighted by Gasteiger charge is -2.07. The van der Waals surface area contributed by atoms with Gasteiger partial charge in [0.05, 0.1) is 6.61 Å². The van der Waals surface area contributed by atoms with E-state index in [1.54, 1.807) is 6.07 Å². The van der Waals surface area contributed by atoms with Gasteiger partial charge in [0.25, 0.3) is 0 Å². The molecule has 1 aromatic heterocycles. The molecule has 1 aromatic carbocycles. The molecule has 0 saturated heterocycles. The minimum atomic E-state index is 0.440. The lowest BCUT2D eigenvalue weighted by Crippen LogP contribution is -2.03. The van der Waals surface area contributed by atoms with Crippen LogP contribution in [0, 0.1) is 18.3 Å². The van der Waals surface area contributed by atoms with Crippen molar-refractivity contribution in [2.45, 2.75) is 19.8 Å². The molecule has 2 aromatic rings. The van der Waals surface area contributed by atoms with Crippen LogP contribution >= 0.6 is 0 Å². The molecule has 0 aliphatic heterocycles.